The number of carbonyl (C=O) groups excluding carboxylic acids is 3. The summed E-state index contributed by atoms with van der Waals surface area (Å²) in [5.41, 5.74) is -0.526. The highest BCUT2D eigenvalue weighted by Gasteiger charge is 2.51. The lowest BCUT2D eigenvalue weighted by molar-refractivity contribution is -0.166. The van der Waals surface area contributed by atoms with Gasteiger partial charge in [0, 0.05) is 33.0 Å². The molecule has 0 bridgehead atoms. The van der Waals surface area contributed by atoms with Gasteiger partial charge in [0.05, 0.1) is 6.04 Å². The van der Waals surface area contributed by atoms with E-state index in [9.17, 15) is 24.0 Å². The molecule has 0 N–H and O–H groups in total. The van der Waals surface area contributed by atoms with Gasteiger partial charge in [-0.05, 0) is 12.5 Å². The number of ether oxygens (including phenoxy) is 4. The molecule has 0 amide bonds. The molecule has 182 valence electrons. The van der Waals surface area contributed by atoms with Crippen LogP contribution in [0.4, 0.5) is 0 Å². The Kier molecular flexibility index (Phi) is 7.67. The fourth-order valence-corrected chi connectivity index (χ4v) is 3.85. The third kappa shape index (κ3) is 5.42. The van der Waals surface area contributed by atoms with Gasteiger partial charge < -0.3 is 18.9 Å². The highest BCUT2D eigenvalue weighted by atomic mass is 16.7. The summed E-state index contributed by atoms with van der Waals surface area (Å²) in [5.74, 6) is -1.99. The Bertz CT molecular complexity index is 1170. The molecule has 0 aliphatic carbocycles. The van der Waals surface area contributed by atoms with E-state index in [4.69, 9.17) is 18.9 Å². The topological polar surface area (TPSA) is 132 Å². The molecule has 1 aliphatic rings. The van der Waals surface area contributed by atoms with Crippen LogP contribution in [0.2, 0.25) is 0 Å². The maximum atomic E-state index is 13.4. The Morgan fingerprint density at radius 1 is 0.941 bits per heavy atom. The molecule has 5 atom stereocenters. The van der Waals surface area contributed by atoms with Gasteiger partial charge in [-0.1, -0.05) is 30.3 Å². The van der Waals surface area contributed by atoms with Gasteiger partial charge in [-0.15, -0.1) is 0 Å². The number of rotatable bonds is 7. The van der Waals surface area contributed by atoms with Gasteiger partial charge in [0.2, 0.25) is 0 Å². The Morgan fingerprint density at radius 3 is 2.15 bits per heavy atom. The number of hydrogen-bond acceptors (Lipinski definition) is 9. The first-order chi connectivity index (χ1) is 16.1. The summed E-state index contributed by atoms with van der Waals surface area (Å²) in [6, 6.07) is 9.55. The second-order valence-corrected chi connectivity index (χ2v) is 7.82. The minimum absolute atomic E-state index is 0.309. The van der Waals surface area contributed by atoms with Crippen LogP contribution in [0.1, 0.15) is 45.5 Å². The molecule has 1 aromatic heterocycles. The van der Waals surface area contributed by atoms with E-state index in [1.165, 1.54) is 19.2 Å². The lowest BCUT2D eigenvalue weighted by Gasteiger charge is -2.25. The van der Waals surface area contributed by atoms with E-state index >= 15 is 0 Å². The molecule has 2 heterocycles. The summed E-state index contributed by atoms with van der Waals surface area (Å²) in [6.07, 6.45) is -3.46. The molecule has 0 radical (unpaired) electrons. The summed E-state index contributed by atoms with van der Waals surface area (Å²) in [5, 5.41) is 0. The third-order valence-corrected chi connectivity index (χ3v) is 5.33. The Labute approximate surface area is 194 Å². The first kappa shape index (κ1) is 24.9. The molecule has 1 saturated heterocycles. The van der Waals surface area contributed by atoms with Crippen LogP contribution >= 0.6 is 0 Å². The van der Waals surface area contributed by atoms with E-state index in [1.807, 2.05) is 6.07 Å². The second kappa shape index (κ2) is 10.5. The lowest BCUT2D eigenvalue weighted by atomic mass is 10.1. The van der Waals surface area contributed by atoms with E-state index in [2.05, 4.69) is 0 Å². The van der Waals surface area contributed by atoms with Crippen molar-refractivity contribution in [3.8, 4) is 0 Å². The molecule has 1 aromatic carbocycles. The van der Waals surface area contributed by atoms with Gasteiger partial charge in [-0.3, -0.25) is 28.3 Å². The van der Waals surface area contributed by atoms with Crippen LogP contribution in [-0.2, 0) is 33.3 Å². The average molecular weight is 474 g/mol. The van der Waals surface area contributed by atoms with Crippen molar-refractivity contribution in [1.29, 1.82) is 0 Å². The third-order valence-electron chi connectivity index (χ3n) is 5.33. The van der Waals surface area contributed by atoms with E-state index in [-0.39, 0.29) is 6.61 Å². The molecule has 0 saturated carbocycles. The molecular formula is C23H26N2O9. The number of aromatic nitrogens is 2. The highest BCUT2D eigenvalue weighted by molar-refractivity contribution is 5.68. The average Bonchev–Trinajstić information content (AvgIpc) is 3.08. The van der Waals surface area contributed by atoms with Crippen LogP contribution in [0.15, 0.2) is 52.2 Å². The monoisotopic (exact) mass is 474 g/mol. The van der Waals surface area contributed by atoms with Crippen molar-refractivity contribution in [2.24, 2.45) is 0 Å². The predicted molar refractivity (Wildman–Crippen MR) is 117 cm³/mol. The quantitative estimate of drug-likeness (QED) is 0.425. The largest absolute Gasteiger partial charge is 0.463 e. The molecule has 3 rings (SSSR count). The van der Waals surface area contributed by atoms with E-state index in [0.717, 1.165) is 28.5 Å². The van der Waals surface area contributed by atoms with Crippen LogP contribution in [0.3, 0.4) is 0 Å². The summed E-state index contributed by atoms with van der Waals surface area (Å²) in [7, 11) is 0. The summed E-state index contributed by atoms with van der Waals surface area (Å²) < 4.78 is 23.7. The number of hydrogen-bond donors (Lipinski definition) is 0. The molecule has 34 heavy (non-hydrogen) atoms. The highest BCUT2D eigenvalue weighted by Crippen LogP contribution is 2.33. The fraction of sp³-hybridized carbons (Fsp3) is 0.435. The van der Waals surface area contributed by atoms with Crippen LogP contribution in [-0.4, -0.2) is 52.0 Å². The van der Waals surface area contributed by atoms with Gasteiger partial charge >= 0.3 is 23.6 Å². The molecule has 0 spiro atoms. The molecular weight excluding hydrogens is 448 g/mol. The van der Waals surface area contributed by atoms with Crippen molar-refractivity contribution < 1.29 is 33.3 Å². The minimum Gasteiger partial charge on any atom is -0.463 e. The second-order valence-electron chi connectivity index (χ2n) is 7.82. The number of esters is 3. The van der Waals surface area contributed by atoms with Crippen molar-refractivity contribution in [3.05, 3.63) is 69.0 Å². The van der Waals surface area contributed by atoms with E-state index < -0.39 is 59.7 Å². The van der Waals surface area contributed by atoms with Gasteiger partial charge in [-0.2, -0.15) is 0 Å². The van der Waals surface area contributed by atoms with Crippen molar-refractivity contribution in [3.63, 3.8) is 0 Å². The Morgan fingerprint density at radius 2 is 1.56 bits per heavy atom. The SMILES string of the molecule is CC(=O)OC[C@H]1O[C@@H](n2ccc(=O)n(C(C)c3ccccc3)c2=O)[C@H](OC(C)=O)[C@@H]1OC(C)=O. The van der Waals surface area contributed by atoms with Gasteiger partial charge in [0.25, 0.3) is 5.56 Å². The van der Waals surface area contributed by atoms with Gasteiger partial charge in [0.1, 0.15) is 12.7 Å². The molecule has 1 fully saturated rings. The maximum Gasteiger partial charge on any atom is 0.333 e. The Balaban J connectivity index is 2.07. The molecule has 11 nitrogen and oxygen atoms in total. The molecule has 1 aliphatic heterocycles. The standard InChI is InChI=1S/C23H26N2O9/c1-13(17-8-6-5-7-9-17)25-19(29)10-11-24(23(25)30)22-21(33-16(4)28)20(32-15(3)27)18(34-22)12-31-14(2)26/h5-11,13,18,20-22H,12H2,1-4H3/t13?,18-,20-,21-,22-/m1/s1. The molecule has 1 unspecified atom stereocenters. The Hall–Kier alpha value is -3.73. The summed E-state index contributed by atoms with van der Waals surface area (Å²) in [6.45, 7) is 4.91. The van der Waals surface area contributed by atoms with Crippen LogP contribution < -0.4 is 11.2 Å². The summed E-state index contributed by atoms with van der Waals surface area (Å²) >= 11 is 0. The van der Waals surface area contributed by atoms with Crippen LogP contribution in [0.5, 0.6) is 0 Å². The number of benzene rings is 1. The zero-order chi connectivity index (χ0) is 25.0. The van der Waals surface area contributed by atoms with Crippen molar-refractivity contribution >= 4 is 17.9 Å². The fourth-order valence-electron chi connectivity index (χ4n) is 3.85. The van der Waals surface area contributed by atoms with E-state index in [1.54, 1.807) is 31.2 Å². The summed E-state index contributed by atoms with van der Waals surface area (Å²) in [4.78, 5) is 61.0. The van der Waals surface area contributed by atoms with Crippen LogP contribution in [0, 0.1) is 0 Å². The first-order valence-electron chi connectivity index (χ1n) is 10.6. The minimum atomic E-state index is -1.25. The van der Waals surface area contributed by atoms with Crippen molar-refractivity contribution in [2.75, 3.05) is 6.61 Å². The van der Waals surface area contributed by atoms with E-state index in [0.29, 0.717) is 0 Å². The number of nitrogens with zero attached hydrogens (tertiary/aromatic N) is 2. The predicted octanol–water partition coefficient (Wildman–Crippen LogP) is 0.943. The van der Waals surface area contributed by atoms with Crippen molar-refractivity contribution in [1.82, 2.24) is 9.13 Å². The molecule has 2 aromatic rings. The lowest BCUT2D eigenvalue weighted by Crippen LogP contribution is -2.45. The normalized spacial score (nSPS) is 22.6. The maximum absolute atomic E-state index is 13.4. The zero-order valence-electron chi connectivity index (χ0n) is 19.2. The first-order valence-corrected chi connectivity index (χ1v) is 10.6. The molecule has 11 heteroatoms. The number of carbonyl (C=O) groups is 3. The van der Waals surface area contributed by atoms with Gasteiger partial charge in [0.15, 0.2) is 18.4 Å². The van der Waals surface area contributed by atoms with Crippen molar-refractivity contribution in [2.45, 2.75) is 58.3 Å². The van der Waals surface area contributed by atoms with Crippen LogP contribution in [0.25, 0.3) is 0 Å². The van der Waals surface area contributed by atoms with Gasteiger partial charge in [-0.25, -0.2) is 4.79 Å². The zero-order valence-corrected chi connectivity index (χ0v) is 19.2. The smallest absolute Gasteiger partial charge is 0.333 e.